The third-order valence-electron chi connectivity index (χ3n) is 7.78. The van der Waals surface area contributed by atoms with Crippen molar-refractivity contribution >= 4 is 29.1 Å². The van der Waals surface area contributed by atoms with Gasteiger partial charge in [-0.05, 0) is 106 Å². The first-order valence-electron chi connectivity index (χ1n) is 12.8. The zero-order valence-electron chi connectivity index (χ0n) is 20.2. The number of carbonyl (C=O) groups excluding carboxylic acids is 1. The summed E-state index contributed by atoms with van der Waals surface area (Å²) >= 11 is 12.4. The van der Waals surface area contributed by atoms with E-state index in [-0.39, 0.29) is 17.5 Å². The molecule has 1 saturated carbocycles. The molecule has 188 valence electrons. The maximum atomic E-state index is 15.0. The van der Waals surface area contributed by atoms with Crippen LogP contribution in [-0.4, -0.2) is 48.5 Å². The predicted octanol–water partition coefficient (Wildman–Crippen LogP) is 7.10. The van der Waals surface area contributed by atoms with Crippen LogP contribution in [-0.2, 0) is 0 Å². The van der Waals surface area contributed by atoms with Crippen LogP contribution in [0.3, 0.4) is 0 Å². The van der Waals surface area contributed by atoms with Gasteiger partial charge in [0, 0.05) is 35.2 Å². The van der Waals surface area contributed by atoms with E-state index in [9.17, 15) is 9.18 Å². The van der Waals surface area contributed by atoms with Crippen molar-refractivity contribution in [2.45, 2.75) is 57.4 Å². The number of halogens is 3. The lowest BCUT2D eigenvalue weighted by atomic mass is 9.95. The van der Waals surface area contributed by atoms with Gasteiger partial charge in [-0.3, -0.25) is 9.69 Å². The number of ether oxygens (including phenoxy) is 1. The molecule has 0 bridgehead atoms. The highest BCUT2D eigenvalue weighted by Gasteiger charge is 2.32. The van der Waals surface area contributed by atoms with Crippen molar-refractivity contribution in [2.75, 3.05) is 32.8 Å². The summed E-state index contributed by atoms with van der Waals surface area (Å²) in [5, 5.41) is 1.32. The molecule has 2 heterocycles. The van der Waals surface area contributed by atoms with E-state index in [1.807, 2.05) is 12.1 Å². The molecule has 2 aliphatic heterocycles. The van der Waals surface area contributed by atoms with Crippen LogP contribution in [0.15, 0.2) is 30.3 Å². The van der Waals surface area contributed by atoms with Gasteiger partial charge in [0.15, 0.2) is 0 Å². The highest BCUT2D eigenvalue weighted by atomic mass is 35.5. The number of carbonyl (C=O) groups is 1. The topological polar surface area (TPSA) is 32.8 Å². The summed E-state index contributed by atoms with van der Waals surface area (Å²) in [4.78, 5) is 17.0. The number of hydrogen-bond acceptors (Lipinski definition) is 3. The number of likely N-dealkylation sites (tertiary alicyclic amines) is 2. The summed E-state index contributed by atoms with van der Waals surface area (Å²) in [5.41, 5.74) is 2.33. The van der Waals surface area contributed by atoms with Crippen LogP contribution in [0, 0.1) is 11.7 Å². The first kappa shape index (κ1) is 24.9. The average molecular weight is 519 g/mol. The van der Waals surface area contributed by atoms with Gasteiger partial charge in [-0.15, -0.1) is 0 Å². The maximum Gasteiger partial charge on any atom is 0.256 e. The van der Waals surface area contributed by atoms with Gasteiger partial charge in [0.1, 0.15) is 11.6 Å². The normalized spacial score (nSPS) is 20.3. The van der Waals surface area contributed by atoms with Gasteiger partial charge >= 0.3 is 0 Å². The Balaban J connectivity index is 1.20. The first-order valence-corrected chi connectivity index (χ1v) is 13.6. The summed E-state index contributed by atoms with van der Waals surface area (Å²) in [7, 11) is 0. The molecule has 1 unspecified atom stereocenters. The molecule has 1 amide bonds. The van der Waals surface area contributed by atoms with Crippen LogP contribution in [0.2, 0.25) is 10.0 Å². The van der Waals surface area contributed by atoms with E-state index in [1.165, 1.54) is 6.07 Å². The van der Waals surface area contributed by atoms with Gasteiger partial charge in [-0.2, -0.15) is 0 Å². The molecule has 0 radical (unpaired) electrons. The lowest BCUT2D eigenvalue weighted by Gasteiger charge is -2.36. The van der Waals surface area contributed by atoms with Crippen LogP contribution in [0.1, 0.15) is 78.9 Å². The van der Waals surface area contributed by atoms with Crippen LogP contribution < -0.4 is 4.74 Å². The zero-order chi connectivity index (χ0) is 24.5. The Bertz CT molecular complexity index is 1060. The van der Waals surface area contributed by atoms with E-state index >= 15 is 0 Å². The number of rotatable bonds is 7. The number of nitrogens with zero attached hydrogens (tertiary/aromatic N) is 2. The predicted molar refractivity (Wildman–Crippen MR) is 138 cm³/mol. The van der Waals surface area contributed by atoms with Crippen molar-refractivity contribution in [3.05, 3.63) is 62.9 Å². The summed E-state index contributed by atoms with van der Waals surface area (Å²) < 4.78 is 21.2. The Morgan fingerprint density at radius 2 is 1.66 bits per heavy atom. The minimum absolute atomic E-state index is 0.184. The number of amides is 1. The van der Waals surface area contributed by atoms with Gasteiger partial charge in [-0.1, -0.05) is 23.2 Å². The second-order valence-corrected chi connectivity index (χ2v) is 11.2. The van der Waals surface area contributed by atoms with Crippen molar-refractivity contribution in [3.8, 4) is 5.75 Å². The molecule has 35 heavy (non-hydrogen) atoms. The van der Waals surface area contributed by atoms with Crippen LogP contribution >= 0.6 is 23.2 Å². The van der Waals surface area contributed by atoms with E-state index in [2.05, 4.69) is 11.8 Å². The molecule has 3 fully saturated rings. The Morgan fingerprint density at radius 1 is 1.00 bits per heavy atom. The first-order chi connectivity index (χ1) is 16.9. The summed E-state index contributed by atoms with van der Waals surface area (Å²) in [5.74, 6) is 0.763. The Morgan fingerprint density at radius 3 is 2.29 bits per heavy atom. The van der Waals surface area contributed by atoms with Crippen molar-refractivity contribution in [1.82, 2.24) is 9.80 Å². The summed E-state index contributed by atoms with van der Waals surface area (Å²) in [6.45, 7) is 6.13. The van der Waals surface area contributed by atoms with Crippen molar-refractivity contribution < 1.29 is 13.9 Å². The highest BCUT2D eigenvalue weighted by molar-refractivity contribution is 6.34. The third-order valence-corrected chi connectivity index (χ3v) is 8.22. The Labute approximate surface area is 217 Å². The average Bonchev–Trinajstić information content (AvgIpc) is 3.54. The minimum Gasteiger partial charge on any atom is -0.493 e. The fourth-order valence-corrected chi connectivity index (χ4v) is 5.95. The lowest BCUT2D eigenvalue weighted by molar-refractivity contribution is 0.0787. The Hall–Kier alpha value is -1.82. The second-order valence-electron chi connectivity index (χ2n) is 10.3. The fraction of sp³-hybridized carbons (Fsp3) is 0.536. The molecule has 0 N–H and O–H groups in total. The van der Waals surface area contributed by atoms with Gasteiger partial charge in [0.25, 0.3) is 5.91 Å². The number of piperidine rings is 1. The number of benzene rings is 2. The molecule has 1 atom stereocenters. The summed E-state index contributed by atoms with van der Waals surface area (Å²) in [6.07, 6.45) is 6.17. The van der Waals surface area contributed by atoms with Crippen molar-refractivity contribution in [1.29, 1.82) is 0 Å². The molecule has 2 saturated heterocycles. The van der Waals surface area contributed by atoms with Crippen molar-refractivity contribution in [2.24, 2.45) is 5.92 Å². The monoisotopic (exact) mass is 518 g/mol. The lowest BCUT2D eigenvalue weighted by Crippen LogP contribution is -2.37. The van der Waals surface area contributed by atoms with Gasteiger partial charge in [0.2, 0.25) is 0 Å². The zero-order valence-corrected chi connectivity index (χ0v) is 21.8. The maximum absolute atomic E-state index is 15.0. The smallest absolute Gasteiger partial charge is 0.256 e. The molecule has 2 aromatic rings. The molecule has 0 spiro atoms. The SMILES string of the molecule is CC(c1cc(Cl)cc(Cl)c1)N1CCC(COc2cc(F)c(C(=O)N3CCCC3)cc2C2CC2)CC1. The largest absolute Gasteiger partial charge is 0.493 e. The van der Waals surface area contributed by atoms with Crippen LogP contribution in [0.5, 0.6) is 5.75 Å². The molecule has 4 nitrogen and oxygen atoms in total. The quantitative estimate of drug-likeness (QED) is 0.391. The second kappa shape index (κ2) is 10.7. The molecule has 5 rings (SSSR count). The van der Waals surface area contributed by atoms with E-state index in [0.717, 1.165) is 75.8 Å². The minimum atomic E-state index is -0.467. The highest BCUT2D eigenvalue weighted by Crippen LogP contribution is 2.45. The molecular formula is C28H33Cl2FN2O2. The van der Waals surface area contributed by atoms with Crippen molar-refractivity contribution in [3.63, 3.8) is 0 Å². The molecule has 2 aromatic carbocycles. The molecule has 1 aliphatic carbocycles. The molecular weight excluding hydrogens is 486 g/mol. The molecule has 0 aromatic heterocycles. The van der Waals surface area contributed by atoms with Gasteiger partial charge in [-0.25, -0.2) is 4.39 Å². The van der Waals surface area contributed by atoms with Gasteiger partial charge in [0.05, 0.1) is 12.2 Å². The van der Waals surface area contributed by atoms with E-state index in [0.29, 0.717) is 34.2 Å². The van der Waals surface area contributed by atoms with Gasteiger partial charge < -0.3 is 9.64 Å². The van der Waals surface area contributed by atoms with E-state index < -0.39 is 5.82 Å². The van der Waals surface area contributed by atoms with E-state index in [1.54, 1.807) is 17.0 Å². The Kier molecular flexibility index (Phi) is 7.57. The standard InChI is InChI=1S/C28H33Cl2FN2O2/c1-18(21-12-22(29)14-23(30)13-21)32-10-6-19(7-11-32)17-35-27-16-26(31)25(15-24(27)20-4-5-20)28(34)33-8-2-3-9-33/h12-16,18-20H,2-11,17H2,1H3. The third kappa shape index (κ3) is 5.79. The fourth-order valence-electron chi connectivity index (χ4n) is 5.41. The molecule has 3 aliphatic rings. The van der Waals surface area contributed by atoms with E-state index in [4.69, 9.17) is 27.9 Å². The summed E-state index contributed by atoms with van der Waals surface area (Å²) in [6, 6.07) is 9.19. The van der Waals surface area contributed by atoms with Crippen LogP contribution in [0.4, 0.5) is 4.39 Å². The van der Waals surface area contributed by atoms with Crippen LogP contribution in [0.25, 0.3) is 0 Å². The molecule has 7 heteroatoms. The number of hydrogen-bond donors (Lipinski definition) is 0.